The van der Waals surface area contributed by atoms with Crippen LogP contribution >= 0.6 is 0 Å². The van der Waals surface area contributed by atoms with Crippen LogP contribution in [-0.2, 0) is 9.53 Å². The Morgan fingerprint density at radius 2 is 1.64 bits per heavy atom. The lowest BCUT2D eigenvalue weighted by molar-refractivity contribution is -0.123. The van der Waals surface area contributed by atoms with Gasteiger partial charge in [-0.25, -0.2) is 13.6 Å². The molecule has 0 unspecified atom stereocenters. The number of ether oxygens (including phenoxy) is 1. The van der Waals surface area contributed by atoms with Crippen LogP contribution in [0.3, 0.4) is 0 Å². The lowest BCUT2D eigenvalue weighted by Crippen LogP contribution is -2.30. The van der Waals surface area contributed by atoms with E-state index in [1.54, 1.807) is 13.8 Å². The zero-order valence-corrected chi connectivity index (χ0v) is 14.4. The Hall–Kier alpha value is -2.76. The van der Waals surface area contributed by atoms with Gasteiger partial charge in [-0.3, -0.25) is 4.79 Å². The van der Waals surface area contributed by atoms with E-state index in [0.29, 0.717) is 11.6 Å². The average Bonchev–Trinajstić information content (AvgIpc) is 2.48. The van der Waals surface area contributed by atoms with E-state index in [4.69, 9.17) is 4.74 Å². The fraction of sp³-hybridized carbons (Fsp3) is 0.263. The molecule has 1 amide bonds. The van der Waals surface area contributed by atoms with Crippen molar-refractivity contribution in [3.63, 3.8) is 0 Å². The molecule has 0 fully saturated rings. The van der Waals surface area contributed by atoms with Crippen molar-refractivity contribution >= 4 is 17.6 Å². The van der Waals surface area contributed by atoms with Crippen LogP contribution in [0.1, 0.15) is 34.0 Å². The second kappa shape index (κ2) is 7.42. The standard InChI is InChI=1S/C19H19F2NO3/c1-10-7-11(2)17(12(3)8-10)19(24)25-13(4)18(23)22-16-6-5-14(20)9-15(16)21/h5-9,13H,1-4H3,(H,22,23)/t13-/m0/s1. The SMILES string of the molecule is Cc1cc(C)c(C(=O)O[C@@H](C)C(=O)Nc2ccc(F)cc2F)c(C)c1. The summed E-state index contributed by atoms with van der Waals surface area (Å²) in [7, 11) is 0. The van der Waals surface area contributed by atoms with Gasteiger partial charge >= 0.3 is 5.97 Å². The second-order valence-corrected chi connectivity index (χ2v) is 5.93. The number of anilines is 1. The summed E-state index contributed by atoms with van der Waals surface area (Å²) < 4.78 is 31.7. The number of rotatable bonds is 4. The number of aryl methyl sites for hydroxylation is 3. The molecule has 0 aliphatic heterocycles. The molecule has 0 spiro atoms. The van der Waals surface area contributed by atoms with E-state index in [1.807, 2.05) is 19.1 Å². The fourth-order valence-corrected chi connectivity index (χ4v) is 2.60. The quantitative estimate of drug-likeness (QED) is 0.848. The van der Waals surface area contributed by atoms with Crippen LogP contribution in [0, 0.1) is 32.4 Å². The van der Waals surface area contributed by atoms with Gasteiger partial charge in [-0.15, -0.1) is 0 Å². The molecule has 0 aliphatic rings. The maximum atomic E-state index is 13.6. The van der Waals surface area contributed by atoms with Crippen LogP contribution in [0.5, 0.6) is 0 Å². The summed E-state index contributed by atoms with van der Waals surface area (Å²) in [6.07, 6.45) is -1.14. The minimum absolute atomic E-state index is 0.183. The van der Waals surface area contributed by atoms with Crippen LogP contribution in [0.2, 0.25) is 0 Å². The average molecular weight is 347 g/mol. The first-order chi connectivity index (χ1) is 11.7. The summed E-state index contributed by atoms with van der Waals surface area (Å²) in [4.78, 5) is 24.4. The first-order valence-electron chi connectivity index (χ1n) is 7.73. The Kier molecular flexibility index (Phi) is 5.51. The molecule has 0 saturated carbocycles. The Bertz CT molecular complexity index is 810. The lowest BCUT2D eigenvalue weighted by atomic mass is 10.00. The number of halogens is 2. The molecule has 2 rings (SSSR count). The third-order valence-corrected chi connectivity index (χ3v) is 3.72. The topological polar surface area (TPSA) is 55.4 Å². The number of hydrogen-bond donors (Lipinski definition) is 1. The monoisotopic (exact) mass is 347 g/mol. The number of benzene rings is 2. The van der Waals surface area contributed by atoms with E-state index in [0.717, 1.165) is 28.8 Å². The van der Waals surface area contributed by atoms with Crippen LogP contribution in [0.25, 0.3) is 0 Å². The zero-order chi connectivity index (χ0) is 18.7. The first-order valence-corrected chi connectivity index (χ1v) is 7.73. The molecule has 2 aromatic carbocycles. The molecule has 25 heavy (non-hydrogen) atoms. The van der Waals surface area contributed by atoms with E-state index in [2.05, 4.69) is 5.32 Å². The van der Waals surface area contributed by atoms with Gasteiger partial charge in [-0.2, -0.15) is 0 Å². The van der Waals surface area contributed by atoms with Gasteiger partial charge in [0.2, 0.25) is 0 Å². The number of nitrogens with one attached hydrogen (secondary N) is 1. The van der Waals surface area contributed by atoms with Crippen LogP contribution in [-0.4, -0.2) is 18.0 Å². The Balaban J connectivity index is 2.09. The second-order valence-electron chi connectivity index (χ2n) is 5.93. The highest BCUT2D eigenvalue weighted by Gasteiger charge is 2.22. The van der Waals surface area contributed by atoms with Crippen molar-refractivity contribution in [1.29, 1.82) is 0 Å². The summed E-state index contributed by atoms with van der Waals surface area (Å²) >= 11 is 0. The van der Waals surface area contributed by atoms with Gasteiger partial charge in [0.05, 0.1) is 11.3 Å². The molecular weight excluding hydrogens is 328 g/mol. The van der Waals surface area contributed by atoms with Crippen molar-refractivity contribution in [2.45, 2.75) is 33.8 Å². The molecule has 0 heterocycles. The van der Waals surface area contributed by atoms with Crippen molar-refractivity contribution in [3.05, 3.63) is 64.2 Å². The van der Waals surface area contributed by atoms with Crippen molar-refractivity contribution < 1.29 is 23.1 Å². The van der Waals surface area contributed by atoms with E-state index < -0.39 is 29.6 Å². The molecular formula is C19H19F2NO3. The molecule has 132 valence electrons. The molecule has 0 saturated heterocycles. The van der Waals surface area contributed by atoms with Crippen molar-refractivity contribution in [3.8, 4) is 0 Å². The normalized spacial score (nSPS) is 11.8. The molecule has 4 nitrogen and oxygen atoms in total. The number of carbonyl (C=O) groups excluding carboxylic acids is 2. The van der Waals surface area contributed by atoms with Gasteiger partial charge in [0.25, 0.3) is 5.91 Å². The molecule has 1 atom stereocenters. The maximum Gasteiger partial charge on any atom is 0.339 e. The van der Waals surface area contributed by atoms with E-state index in [-0.39, 0.29) is 5.69 Å². The molecule has 2 aromatic rings. The third kappa shape index (κ3) is 4.41. The Morgan fingerprint density at radius 3 is 2.20 bits per heavy atom. The lowest BCUT2D eigenvalue weighted by Gasteiger charge is -2.16. The van der Waals surface area contributed by atoms with Crippen LogP contribution in [0.15, 0.2) is 30.3 Å². The number of hydrogen-bond acceptors (Lipinski definition) is 3. The van der Waals surface area contributed by atoms with E-state index >= 15 is 0 Å². The summed E-state index contributed by atoms with van der Waals surface area (Å²) in [5, 5.41) is 2.27. The molecule has 0 aliphatic carbocycles. The van der Waals surface area contributed by atoms with Crippen LogP contribution in [0.4, 0.5) is 14.5 Å². The van der Waals surface area contributed by atoms with Crippen molar-refractivity contribution in [2.24, 2.45) is 0 Å². The van der Waals surface area contributed by atoms with Crippen LogP contribution < -0.4 is 5.32 Å². The molecule has 0 bridgehead atoms. The molecule has 1 N–H and O–H groups in total. The fourth-order valence-electron chi connectivity index (χ4n) is 2.60. The van der Waals surface area contributed by atoms with E-state index in [9.17, 15) is 18.4 Å². The highest BCUT2D eigenvalue weighted by molar-refractivity contribution is 5.98. The predicted octanol–water partition coefficient (Wildman–Crippen LogP) is 4.07. The van der Waals surface area contributed by atoms with Gasteiger partial charge in [0.15, 0.2) is 6.10 Å². The summed E-state index contributed by atoms with van der Waals surface area (Å²) in [5.41, 5.74) is 2.73. The van der Waals surface area contributed by atoms with E-state index in [1.165, 1.54) is 6.92 Å². The predicted molar refractivity (Wildman–Crippen MR) is 90.5 cm³/mol. The number of amides is 1. The van der Waals surface area contributed by atoms with Crippen molar-refractivity contribution in [2.75, 3.05) is 5.32 Å². The smallest absolute Gasteiger partial charge is 0.339 e. The Morgan fingerprint density at radius 1 is 1.04 bits per heavy atom. The minimum Gasteiger partial charge on any atom is -0.449 e. The molecule has 0 radical (unpaired) electrons. The highest BCUT2D eigenvalue weighted by atomic mass is 19.1. The van der Waals surface area contributed by atoms with Gasteiger partial charge in [0.1, 0.15) is 11.6 Å². The summed E-state index contributed by atoms with van der Waals surface area (Å²) in [6.45, 7) is 6.88. The zero-order valence-electron chi connectivity index (χ0n) is 14.4. The van der Waals surface area contributed by atoms with Gasteiger partial charge in [-0.1, -0.05) is 17.7 Å². The number of carbonyl (C=O) groups is 2. The molecule has 6 heteroatoms. The largest absolute Gasteiger partial charge is 0.449 e. The number of esters is 1. The maximum absolute atomic E-state index is 13.6. The van der Waals surface area contributed by atoms with Crippen molar-refractivity contribution in [1.82, 2.24) is 0 Å². The highest BCUT2D eigenvalue weighted by Crippen LogP contribution is 2.19. The van der Waals surface area contributed by atoms with Gasteiger partial charge in [-0.05, 0) is 51.0 Å². The first kappa shape index (κ1) is 18.6. The summed E-state index contributed by atoms with van der Waals surface area (Å²) in [5.74, 6) is -2.99. The third-order valence-electron chi connectivity index (χ3n) is 3.72. The molecule has 0 aromatic heterocycles. The minimum atomic E-state index is -1.14. The summed E-state index contributed by atoms with van der Waals surface area (Å²) in [6, 6.07) is 6.48. The van der Waals surface area contributed by atoms with Gasteiger partial charge in [0, 0.05) is 6.07 Å². The Labute approximate surface area is 144 Å². The van der Waals surface area contributed by atoms with Gasteiger partial charge < -0.3 is 10.1 Å².